The van der Waals surface area contributed by atoms with E-state index in [1.54, 1.807) is 18.0 Å². The molecule has 3 amide bonds. The van der Waals surface area contributed by atoms with E-state index < -0.39 is 34.7 Å². The first-order valence-corrected chi connectivity index (χ1v) is 16.7. The first-order valence-electron chi connectivity index (χ1n) is 15.7. The molecule has 1 aromatic carbocycles. The van der Waals surface area contributed by atoms with Gasteiger partial charge in [-0.2, -0.15) is 0 Å². The first-order chi connectivity index (χ1) is 20.7. The second-order valence-corrected chi connectivity index (χ2v) is 15.1. The number of fused-ring (bicyclic) bond motifs is 1. The van der Waals surface area contributed by atoms with E-state index in [-0.39, 0.29) is 11.8 Å². The second kappa shape index (κ2) is 14.3. The lowest BCUT2D eigenvalue weighted by Gasteiger charge is -2.27. The lowest BCUT2D eigenvalue weighted by atomic mass is 10.1. The van der Waals surface area contributed by atoms with Gasteiger partial charge in [-0.25, -0.2) is 9.59 Å². The van der Waals surface area contributed by atoms with Crippen LogP contribution in [-0.4, -0.2) is 81.3 Å². The van der Waals surface area contributed by atoms with Crippen molar-refractivity contribution in [1.82, 2.24) is 20.1 Å². The van der Waals surface area contributed by atoms with Crippen molar-refractivity contribution in [3.05, 3.63) is 36.0 Å². The molecule has 2 aromatic rings. The number of thioether (sulfide) groups is 1. The number of rotatable bonds is 9. The van der Waals surface area contributed by atoms with Crippen LogP contribution in [0.1, 0.15) is 79.2 Å². The number of nitrogens with one attached hydrogen (secondary N) is 2. The number of carbonyl (C=O) groups excluding carboxylic acids is 4. The van der Waals surface area contributed by atoms with Gasteiger partial charge in [0.05, 0.1) is 10.8 Å². The molecule has 1 aliphatic heterocycles. The van der Waals surface area contributed by atoms with E-state index in [2.05, 4.69) is 10.6 Å². The number of para-hydroxylation sites is 1. The number of hydrogen-bond donors (Lipinski definition) is 2. The zero-order valence-corrected chi connectivity index (χ0v) is 27.8. The molecule has 0 radical (unpaired) electrons. The summed E-state index contributed by atoms with van der Waals surface area (Å²) in [5.41, 5.74) is 0.399. The summed E-state index contributed by atoms with van der Waals surface area (Å²) in [6.45, 7) is 12.7. The normalized spacial score (nSPS) is 20.0. The number of carbonyl (C=O) groups is 4. The molecule has 0 spiro atoms. The number of ether oxygens (including phenoxy) is 2. The Morgan fingerprint density at radius 1 is 1.02 bits per heavy atom. The molecule has 2 aliphatic rings. The minimum atomic E-state index is -0.643. The summed E-state index contributed by atoms with van der Waals surface area (Å²) in [6.07, 6.45) is 5.33. The van der Waals surface area contributed by atoms with Crippen LogP contribution in [0.3, 0.4) is 0 Å². The fraction of sp³-hybridized carbons (Fsp3) is 0.636. The third-order valence-corrected chi connectivity index (χ3v) is 8.65. The summed E-state index contributed by atoms with van der Waals surface area (Å²) in [4.78, 5) is 54.3. The van der Waals surface area contributed by atoms with E-state index in [9.17, 15) is 19.2 Å². The highest BCUT2D eigenvalue weighted by molar-refractivity contribution is 8.00. The van der Waals surface area contributed by atoms with Gasteiger partial charge in [-0.1, -0.05) is 18.2 Å². The lowest BCUT2D eigenvalue weighted by Crippen LogP contribution is -2.50. The molecule has 44 heavy (non-hydrogen) atoms. The van der Waals surface area contributed by atoms with Crippen LogP contribution in [0.25, 0.3) is 10.9 Å². The van der Waals surface area contributed by atoms with Crippen LogP contribution < -0.4 is 10.6 Å². The van der Waals surface area contributed by atoms with E-state index >= 15 is 0 Å². The van der Waals surface area contributed by atoms with E-state index in [4.69, 9.17) is 9.47 Å². The maximum atomic E-state index is 13.7. The maximum absolute atomic E-state index is 13.7. The minimum Gasteiger partial charge on any atom is -0.444 e. The van der Waals surface area contributed by atoms with Crippen molar-refractivity contribution in [2.24, 2.45) is 5.92 Å². The predicted molar refractivity (Wildman–Crippen MR) is 173 cm³/mol. The Morgan fingerprint density at radius 2 is 1.73 bits per heavy atom. The smallest absolute Gasteiger partial charge is 0.419 e. The van der Waals surface area contributed by atoms with Gasteiger partial charge in [0.1, 0.15) is 17.2 Å². The van der Waals surface area contributed by atoms with Gasteiger partial charge in [0.2, 0.25) is 11.8 Å². The minimum absolute atomic E-state index is 0.0341. The number of aromatic nitrogens is 1. The zero-order valence-electron chi connectivity index (χ0n) is 26.9. The third kappa shape index (κ3) is 9.90. The molecule has 2 N–H and O–H groups in total. The summed E-state index contributed by atoms with van der Waals surface area (Å²) < 4.78 is 12.4. The van der Waals surface area contributed by atoms with Crippen molar-refractivity contribution >= 4 is 46.7 Å². The molecule has 1 aromatic heterocycles. The fourth-order valence-electron chi connectivity index (χ4n) is 5.23. The topological polar surface area (TPSA) is 119 Å². The van der Waals surface area contributed by atoms with Crippen LogP contribution in [0.2, 0.25) is 0 Å². The molecule has 10 nitrogen and oxygen atoms in total. The number of unbranched alkanes of at least 4 members (excludes halogenated alkanes) is 1. The van der Waals surface area contributed by atoms with Gasteiger partial charge in [0, 0.05) is 37.0 Å². The number of amides is 3. The van der Waals surface area contributed by atoms with E-state index in [1.165, 1.54) is 4.57 Å². The van der Waals surface area contributed by atoms with Gasteiger partial charge in [0.25, 0.3) is 0 Å². The molecule has 0 bridgehead atoms. The molecule has 242 valence electrons. The van der Waals surface area contributed by atoms with Gasteiger partial charge >= 0.3 is 12.2 Å². The van der Waals surface area contributed by atoms with Gasteiger partial charge in [-0.3, -0.25) is 14.2 Å². The Bertz CT molecular complexity index is 1340. The quantitative estimate of drug-likeness (QED) is 0.352. The molecular weight excluding hydrogens is 580 g/mol. The summed E-state index contributed by atoms with van der Waals surface area (Å²) in [6, 6.07) is 7.00. The van der Waals surface area contributed by atoms with Crippen LogP contribution in [-0.2, 0) is 25.5 Å². The number of nitrogens with zero attached hydrogens (tertiary/aromatic N) is 2. The van der Waals surface area contributed by atoms with E-state index in [0.717, 1.165) is 35.9 Å². The molecule has 0 unspecified atom stereocenters. The number of alkyl carbamates (subject to hydrolysis) is 1. The number of hydrogen-bond acceptors (Lipinski definition) is 7. The van der Waals surface area contributed by atoms with Gasteiger partial charge in [-0.15, -0.1) is 11.8 Å². The predicted octanol–water partition coefficient (Wildman–Crippen LogP) is 5.50. The van der Waals surface area contributed by atoms with Gasteiger partial charge < -0.3 is 25.0 Å². The van der Waals surface area contributed by atoms with Crippen molar-refractivity contribution in [3.63, 3.8) is 0 Å². The summed E-state index contributed by atoms with van der Waals surface area (Å²) in [7, 11) is 0. The Labute approximate surface area is 264 Å². The van der Waals surface area contributed by atoms with Crippen molar-refractivity contribution in [1.29, 1.82) is 0 Å². The van der Waals surface area contributed by atoms with E-state index in [0.29, 0.717) is 50.4 Å². The Hall–Kier alpha value is -3.21. The SMILES string of the molecule is CC(C)(C)OC(=O)NCCCC[C@H]1NC(=O)[C@H](Cc2cn(C(=O)OC(C)(C)C)c3ccccc23)SCCN(CC2CC2)C1=O. The molecule has 1 saturated heterocycles. The van der Waals surface area contributed by atoms with Crippen molar-refractivity contribution in [2.45, 2.75) is 103 Å². The van der Waals surface area contributed by atoms with Crippen molar-refractivity contribution in [3.8, 4) is 0 Å². The van der Waals surface area contributed by atoms with Crippen LogP contribution in [0.15, 0.2) is 30.5 Å². The number of benzene rings is 1. The van der Waals surface area contributed by atoms with Crippen LogP contribution in [0.5, 0.6) is 0 Å². The van der Waals surface area contributed by atoms with Crippen molar-refractivity contribution in [2.75, 3.05) is 25.4 Å². The standard InChI is InChI=1S/C33H48N4O6S/c1-32(2,3)42-30(40)34-16-10-9-12-25-29(39)36(20-22-14-15-22)17-18-44-27(28(38)35-25)19-23-21-37(31(41)43-33(4,5)6)26-13-8-7-11-24(23)26/h7-8,11,13,21-22,25,27H,9-10,12,14-20H2,1-6H3,(H,34,40)(H,35,38)/t25-,27+/m1/s1. The Balaban J connectivity index is 1.46. The lowest BCUT2D eigenvalue weighted by molar-refractivity contribution is -0.136. The van der Waals surface area contributed by atoms with Crippen LogP contribution >= 0.6 is 11.8 Å². The van der Waals surface area contributed by atoms with E-state index in [1.807, 2.05) is 70.7 Å². The average Bonchev–Trinajstić information content (AvgIpc) is 3.66. The summed E-state index contributed by atoms with van der Waals surface area (Å²) >= 11 is 1.55. The Kier molecular flexibility index (Phi) is 10.9. The zero-order chi connectivity index (χ0) is 32.1. The third-order valence-electron chi connectivity index (χ3n) is 7.45. The first kappa shape index (κ1) is 33.7. The largest absolute Gasteiger partial charge is 0.444 e. The maximum Gasteiger partial charge on any atom is 0.419 e. The molecular formula is C33H48N4O6S. The molecule has 2 heterocycles. The average molecular weight is 629 g/mol. The monoisotopic (exact) mass is 628 g/mol. The summed E-state index contributed by atoms with van der Waals surface area (Å²) in [5, 5.41) is 6.31. The Morgan fingerprint density at radius 3 is 2.41 bits per heavy atom. The van der Waals surface area contributed by atoms with Crippen LogP contribution in [0, 0.1) is 5.92 Å². The summed E-state index contributed by atoms with van der Waals surface area (Å²) in [5.74, 6) is 0.970. The molecule has 4 rings (SSSR count). The molecule has 2 fully saturated rings. The highest BCUT2D eigenvalue weighted by Crippen LogP contribution is 2.31. The van der Waals surface area contributed by atoms with Crippen molar-refractivity contribution < 1.29 is 28.7 Å². The molecule has 1 saturated carbocycles. The fourth-order valence-corrected chi connectivity index (χ4v) is 6.36. The molecule has 2 atom stereocenters. The van der Waals surface area contributed by atoms with Crippen LogP contribution in [0.4, 0.5) is 9.59 Å². The highest BCUT2D eigenvalue weighted by Gasteiger charge is 2.34. The van der Waals surface area contributed by atoms with Gasteiger partial charge in [0.15, 0.2) is 0 Å². The molecule has 11 heteroatoms. The van der Waals surface area contributed by atoms with Gasteiger partial charge in [-0.05, 0) is 97.6 Å². The molecule has 1 aliphatic carbocycles. The highest BCUT2D eigenvalue weighted by atomic mass is 32.2. The second-order valence-electron chi connectivity index (χ2n) is 13.8.